The van der Waals surface area contributed by atoms with Crippen molar-refractivity contribution in [1.29, 1.82) is 0 Å². The van der Waals surface area contributed by atoms with Crippen LogP contribution >= 0.6 is 0 Å². The highest BCUT2D eigenvalue weighted by Gasteiger charge is 2.34. The molecule has 36 heavy (non-hydrogen) atoms. The molecule has 1 aromatic carbocycles. The molecule has 4 rings (SSSR count). The van der Waals surface area contributed by atoms with Crippen LogP contribution in [0.4, 0.5) is 0 Å². The molecule has 0 amide bonds. The van der Waals surface area contributed by atoms with Gasteiger partial charge in [0, 0.05) is 52.4 Å². The summed E-state index contributed by atoms with van der Waals surface area (Å²) < 4.78 is 5.74. The lowest BCUT2D eigenvalue weighted by atomic mass is 9.76. The second kappa shape index (κ2) is 12.7. The third kappa shape index (κ3) is 8.03. The smallest absolute Gasteiger partial charge is 0.0628 e. The maximum atomic E-state index is 5.74. The van der Waals surface area contributed by atoms with Gasteiger partial charge in [-0.2, -0.15) is 0 Å². The quantitative estimate of drug-likeness (QED) is 0.368. The maximum Gasteiger partial charge on any atom is 0.0628 e. The minimum absolute atomic E-state index is 0.0613. The summed E-state index contributed by atoms with van der Waals surface area (Å²) in [6, 6.07) is 11.9. The zero-order valence-corrected chi connectivity index (χ0v) is 24.2. The first-order chi connectivity index (χ1) is 17.2. The molecule has 1 saturated carbocycles. The first-order valence-electron chi connectivity index (χ1n) is 15.0. The van der Waals surface area contributed by atoms with Gasteiger partial charge in [-0.05, 0) is 69.0 Å². The third-order valence-electron chi connectivity index (χ3n) is 9.52. The average molecular weight is 498 g/mol. The van der Waals surface area contributed by atoms with E-state index in [0.717, 1.165) is 24.8 Å². The largest absolute Gasteiger partial charge is 0.379 e. The van der Waals surface area contributed by atoms with Gasteiger partial charge >= 0.3 is 0 Å². The Morgan fingerprint density at radius 3 is 2.00 bits per heavy atom. The number of ether oxygens (including phenoxy) is 1. The van der Waals surface area contributed by atoms with E-state index in [9.17, 15) is 0 Å². The van der Waals surface area contributed by atoms with Crippen molar-refractivity contribution in [2.75, 3.05) is 59.5 Å². The van der Waals surface area contributed by atoms with E-state index in [4.69, 9.17) is 4.74 Å². The molecule has 3 aliphatic rings. The van der Waals surface area contributed by atoms with E-state index in [0.29, 0.717) is 6.04 Å². The van der Waals surface area contributed by atoms with Crippen molar-refractivity contribution in [3.8, 4) is 0 Å². The summed E-state index contributed by atoms with van der Waals surface area (Å²) in [6.07, 6.45) is 11.4. The Morgan fingerprint density at radius 1 is 0.778 bits per heavy atom. The molecule has 1 atom stereocenters. The summed E-state index contributed by atoms with van der Waals surface area (Å²) >= 11 is 0. The van der Waals surface area contributed by atoms with Gasteiger partial charge in [0.05, 0.1) is 5.60 Å². The van der Waals surface area contributed by atoms with Crippen LogP contribution in [0.15, 0.2) is 30.3 Å². The summed E-state index contributed by atoms with van der Waals surface area (Å²) in [5.41, 5.74) is 1.69. The van der Waals surface area contributed by atoms with Crippen LogP contribution in [-0.2, 0) is 4.74 Å². The van der Waals surface area contributed by atoms with Crippen LogP contribution in [0.3, 0.4) is 0 Å². The molecule has 1 unspecified atom stereocenters. The molecule has 0 aromatic heterocycles. The molecule has 0 N–H and O–H groups in total. The van der Waals surface area contributed by atoms with E-state index in [1.54, 1.807) is 0 Å². The lowest BCUT2D eigenvalue weighted by molar-refractivity contribution is -0.0253. The van der Waals surface area contributed by atoms with Crippen LogP contribution in [0.5, 0.6) is 0 Å². The molecule has 2 heterocycles. The summed E-state index contributed by atoms with van der Waals surface area (Å²) in [5.74, 6) is 2.02. The molecule has 0 spiro atoms. The van der Waals surface area contributed by atoms with Gasteiger partial charge in [-0.25, -0.2) is 0 Å². The fourth-order valence-electron chi connectivity index (χ4n) is 7.68. The fraction of sp³-hybridized carbons (Fsp3) is 0.812. The maximum absolute atomic E-state index is 5.74. The molecule has 2 saturated heterocycles. The molecule has 0 radical (unpaired) electrons. The van der Waals surface area contributed by atoms with Gasteiger partial charge in [0.15, 0.2) is 0 Å². The van der Waals surface area contributed by atoms with E-state index in [2.05, 4.69) is 72.7 Å². The second-order valence-corrected chi connectivity index (χ2v) is 13.6. The Bertz CT molecular complexity index is 757. The van der Waals surface area contributed by atoms with Gasteiger partial charge in [0.2, 0.25) is 0 Å². The number of benzene rings is 1. The van der Waals surface area contributed by atoms with Crippen LogP contribution in [0.2, 0.25) is 0 Å². The van der Waals surface area contributed by atoms with Crippen molar-refractivity contribution in [1.82, 2.24) is 14.7 Å². The molecular weight excluding hydrogens is 442 g/mol. The number of rotatable bonds is 10. The topological polar surface area (TPSA) is 19.0 Å². The van der Waals surface area contributed by atoms with Crippen molar-refractivity contribution in [3.63, 3.8) is 0 Å². The number of likely N-dealkylation sites (tertiary alicyclic amines) is 1. The van der Waals surface area contributed by atoms with Crippen molar-refractivity contribution in [2.45, 2.75) is 90.7 Å². The Morgan fingerprint density at radius 2 is 1.39 bits per heavy atom. The Hall–Kier alpha value is -0.940. The number of piperazine rings is 1. The van der Waals surface area contributed by atoms with E-state index in [1.165, 1.54) is 96.3 Å². The first-order valence-corrected chi connectivity index (χ1v) is 15.0. The van der Waals surface area contributed by atoms with E-state index in [1.807, 2.05) is 7.11 Å². The highest BCUT2D eigenvalue weighted by molar-refractivity contribution is 5.20. The summed E-state index contributed by atoms with van der Waals surface area (Å²) in [4.78, 5) is 8.27. The molecule has 1 aliphatic carbocycles. The highest BCUT2D eigenvalue weighted by atomic mass is 16.5. The van der Waals surface area contributed by atoms with Crippen LogP contribution in [0.25, 0.3) is 0 Å². The van der Waals surface area contributed by atoms with Gasteiger partial charge in [-0.15, -0.1) is 0 Å². The van der Waals surface area contributed by atoms with Gasteiger partial charge in [-0.3, -0.25) is 4.90 Å². The van der Waals surface area contributed by atoms with Crippen LogP contribution in [-0.4, -0.2) is 79.8 Å². The predicted octanol–water partition coefficient (Wildman–Crippen LogP) is 6.48. The lowest BCUT2D eigenvalue weighted by Gasteiger charge is -2.45. The first kappa shape index (κ1) is 28.1. The Kier molecular flexibility index (Phi) is 9.93. The van der Waals surface area contributed by atoms with Gasteiger partial charge in [0.1, 0.15) is 0 Å². The second-order valence-electron chi connectivity index (χ2n) is 13.6. The zero-order valence-electron chi connectivity index (χ0n) is 24.2. The molecule has 2 aliphatic heterocycles. The summed E-state index contributed by atoms with van der Waals surface area (Å²) in [5, 5.41) is 0. The number of nitrogens with zero attached hydrogens (tertiary/aromatic N) is 3. The fourth-order valence-corrected chi connectivity index (χ4v) is 7.68. The Balaban J connectivity index is 1.31. The molecular formula is C32H55N3O. The van der Waals surface area contributed by atoms with Crippen molar-refractivity contribution in [3.05, 3.63) is 35.9 Å². The van der Waals surface area contributed by atoms with Crippen molar-refractivity contribution < 1.29 is 4.74 Å². The molecule has 4 nitrogen and oxygen atoms in total. The highest BCUT2D eigenvalue weighted by Crippen LogP contribution is 2.36. The van der Waals surface area contributed by atoms with Gasteiger partial charge in [0.25, 0.3) is 0 Å². The molecule has 4 heteroatoms. The number of hydrogen-bond donors (Lipinski definition) is 0. The SMILES string of the molecule is COC(C)(C)CC(C)(C)CN1CCN(C(CN2CCC(C3CCCCC3)CC2)c2ccccc2)CC1. The molecule has 1 aromatic rings. The molecule has 0 bridgehead atoms. The Labute approximate surface area is 222 Å². The minimum Gasteiger partial charge on any atom is -0.379 e. The number of hydrogen-bond acceptors (Lipinski definition) is 4. The summed E-state index contributed by atoms with van der Waals surface area (Å²) in [7, 11) is 1.84. The van der Waals surface area contributed by atoms with Crippen molar-refractivity contribution in [2.24, 2.45) is 17.3 Å². The van der Waals surface area contributed by atoms with E-state index < -0.39 is 0 Å². The predicted molar refractivity (Wildman–Crippen MR) is 152 cm³/mol. The standard InChI is InChI=1S/C32H55N3O/c1-31(2,25-32(3,4)36-5)26-34-20-22-35(23-21-34)30(29-14-10-7-11-15-29)24-33-18-16-28(17-19-33)27-12-8-6-9-13-27/h7,10-11,14-15,27-28,30H,6,8-9,12-13,16-26H2,1-5H3. The lowest BCUT2D eigenvalue weighted by Crippen LogP contribution is -2.52. The van der Waals surface area contributed by atoms with Crippen LogP contribution < -0.4 is 0 Å². The van der Waals surface area contributed by atoms with Crippen molar-refractivity contribution >= 4 is 0 Å². The van der Waals surface area contributed by atoms with Gasteiger partial charge < -0.3 is 14.5 Å². The summed E-state index contributed by atoms with van der Waals surface area (Å²) in [6.45, 7) is 18.9. The van der Waals surface area contributed by atoms with Gasteiger partial charge in [-0.1, -0.05) is 76.3 Å². The minimum atomic E-state index is -0.0613. The average Bonchev–Trinajstić information content (AvgIpc) is 2.88. The van der Waals surface area contributed by atoms with E-state index in [-0.39, 0.29) is 11.0 Å². The monoisotopic (exact) mass is 497 g/mol. The van der Waals surface area contributed by atoms with Crippen LogP contribution in [0, 0.1) is 17.3 Å². The molecule has 3 fully saturated rings. The normalized spacial score (nSPS) is 23.7. The zero-order chi connectivity index (χ0) is 25.6. The molecule has 204 valence electrons. The third-order valence-corrected chi connectivity index (χ3v) is 9.52. The number of piperidine rings is 1. The number of methoxy groups -OCH3 is 1. The van der Waals surface area contributed by atoms with Crippen LogP contribution in [0.1, 0.15) is 90.7 Å². The van der Waals surface area contributed by atoms with E-state index >= 15 is 0 Å².